The first-order valence-corrected chi connectivity index (χ1v) is 12.9. The lowest BCUT2D eigenvalue weighted by Gasteiger charge is -2.24. The zero-order valence-corrected chi connectivity index (χ0v) is 22.2. The summed E-state index contributed by atoms with van der Waals surface area (Å²) in [5.74, 6) is -0.113. The van der Waals surface area contributed by atoms with Crippen LogP contribution in [0.2, 0.25) is 0 Å². The van der Waals surface area contributed by atoms with Gasteiger partial charge in [-0.25, -0.2) is 14.6 Å². The number of methoxy groups -OCH3 is 1. The Bertz CT molecular complexity index is 1810. The molecule has 4 aromatic rings. The van der Waals surface area contributed by atoms with Crippen LogP contribution in [0.1, 0.15) is 41.6 Å². The molecule has 0 saturated carbocycles. The first-order chi connectivity index (χ1) is 18.8. The van der Waals surface area contributed by atoms with Crippen molar-refractivity contribution in [2.75, 3.05) is 13.7 Å². The highest BCUT2D eigenvalue weighted by atomic mass is 32.1. The summed E-state index contributed by atoms with van der Waals surface area (Å²) < 4.78 is 18.5. The van der Waals surface area contributed by atoms with E-state index in [0.29, 0.717) is 43.4 Å². The van der Waals surface area contributed by atoms with Crippen molar-refractivity contribution < 1.29 is 28.6 Å². The normalized spacial score (nSPS) is 15.1. The van der Waals surface area contributed by atoms with E-state index in [4.69, 9.17) is 13.9 Å². The molecule has 5 rings (SSSR count). The molecule has 39 heavy (non-hydrogen) atoms. The smallest absolute Gasteiger partial charge is 0.338 e. The highest BCUT2D eigenvalue weighted by molar-refractivity contribution is 7.07. The number of hydrogen-bond acceptors (Lipinski definition) is 8. The maximum absolute atomic E-state index is 13.8. The minimum atomic E-state index is -1.03. The predicted octanol–water partition coefficient (Wildman–Crippen LogP) is 3.77. The van der Waals surface area contributed by atoms with E-state index in [2.05, 4.69) is 4.99 Å². The first-order valence-electron chi connectivity index (χ1n) is 12.1. The summed E-state index contributed by atoms with van der Waals surface area (Å²) in [4.78, 5) is 43.1. The fraction of sp³-hybridized carbons (Fsp3) is 0.172. The molecular weight excluding hydrogens is 520 g/mol. The SMILES string of the molecule is CCOC(=O)C1=C(C)N=c2s/c(=C\c3ccc(-c4cccc(C(=O)O)c4)o3)c(=O)n2C1c1cccc(OC)c1. The number of rotatable bonds is 7. The monoisotopic (exact) mass is 544 g/mol. The number of ether oxygens (including phenoxy) is 2. The summed E-state index contributed by atoms with van der Waals surface area (Å²) in [6.45, 7) is 3.63. The number of nitrogens with zero attached hydrogens (tertiary/aromatic N) is 2. The molecule has 0 radical (unpaired) electrons. The molecule has 1 aliphatic heterocycles. The van der Waals surface area contributed by atoms with E-state index in [1.165, 1.54) is 28.0 Å². The Balaban J connectivity index is 1.62. The largest absolute Gasteiger partial charge is 0.497 e. The number of carbonyl (C=O) groups excluding carboxylic acids is 1. The van der Waals surface area contributed by atoms with Crippen molar-refractivity contribution in [1.82, 2.24) is 4.57 Å². The summed E-state index contributed by atoms with van der Waals surface area (Å²) in [6, 6.07) is 16.3. The van der Waals surface area contributed by atoms with Crippen molar-refractivity contribution in [3.8, 4) is 17.1 Å². The molecule has 2 aromatic heterocycles. The van der Waals surface area contributed by atoms with Crippen molar-refractivity contribution in [2.24, 2.45) is 4.99 Å². The number of thiazole rings is 1. The summed E-state index contributed by atoms with van der Waals surface area (Å²) in [5.41, 5.74) is 1.83. The number of fused-ring (bicyclic) bond motifs is 1. The Morgan fingerprint density at radius 1 is 1.15 bits per heavy atom. The number of furan rings is 1. The third kappa shape index (κ3) is 4.94. The van der Waals surface area contributed by atoms with Gasteiger partial charge < -0.3 is 19.0 Å². The molecule has 0 spiro atoms. The molecule has 1 aliphatic rings. The maximum Gasteiger partial charge on any atom is 0.338 e. The number of benzene rings is 2. The van der Waals surface area contributed by atoms with Gasteiger partial charge in [-0.15, -0.1) is 0 Å². The molecule has 0 bridgehead atoms. The molecule has 3 heterocycles. The van der Waals surface area contributed by atoms with Crippen molar-refractivity contribution in [3.63, 3.8) is 0 Å². The van der Waals surface area contributed by atoms with Gasteiger partial charge in [0.2, 0.25) is 0 Å². The number of carboxylic acid groups (broad SMARTS) is 1. The molecule has 9 nitrogen and oxygen atoms in total. The highest BCUT2D eigenvalue weighted by Gasteiger charge is 2.33. The molecule has 0 saturated heterocycles. The van der Waals surface area contributed by atoms with Gasteiger partial charge in [0.25, 0.3) is 5.56 Å². The second kappa shape index (κ2) is 10.6. The van der Waals surface area contributed by atoms with Gasteiger partial charge in [0.15, 0.2) is 4.80 Å². The summed E-state index contributed by atoms with van der Waals surface area (Å²) in [5, 5.41) is 9.28. The predicted molar refractivity (Wildman–Crippen MR) is 144 cm³/mol. The summed E-state index contributed by atoms with van der Waals surface area (Å²) in [6.07, 6.45) is 1.61. The molecule has 1 atom stereocenters. The minimum Gasteiger partial charge on any atom is -0.497 e. The van der Waals surface area contributed by atoms with Crippen LogP contribution in [0.5, 0.6) is 5.75 Å². The quantitative estimate of drug-likeness (QED) is 0.352. The molecule has 0 aliphatic carbocycles. The van der Waals surface area contributed by atoms with Crippen LogP contribution in [0.15, 0.2) is 86.1 Å². The van der Waals surface area contributed by atoms with Crippen molar-refractivity contribution >= 4 is 29.4 Å². The molecule has 198 valence electrons. The topological polar surface area (TPSA) is 120 Å². The Labute approximate surface area is 226 Å². The van der Waals surface area contributed by atoms with Crippen molar-refractivity contribution in [1.29, 1.82) is 0 Å². The van der Waals surface area contributed by atoms with Crippen LogP contribution in [-0.4, -0.2) is 35.3 Å². The number of esters is 1. The molecular formula is C29H24N2O7S. The van der Waals surface area contributed by atoms with Crippen LogP contribution in [0, 0.1) is 0 Å². The van der Waals surface area contributed by atoms with Gasteiger partial charge in [0.1, 0.15) is 17.3 Å². The second-order valence-electron chi connectivity index (χ2n) is 8.67. The Hall–Kier alpha value is -4.70. The number of aromatic nitrogens is 1. The van der Waals surface area contributed by atoms with Crippen LogP contribution in [0.3, 0.4) is 0 Å². The van der Waals surface area contributed by atoms with Gasteiger partial charge in [-0.2, -0.15) is 0 Å². The van der Waals surface area contributed by atoms with E-state index in [1.807, 2.05) is 6.07 Å². The lowest BCUT2D eigenvalue weighted by Crippen LogP contribution is -2.39. The molecule has 0 fully saturated rings. The number of carbonyl (C=O) groups is 2. The number of aromatic carboxylic acids is 1. The van der Waals surface area contributed by atoms with Crippen LogP contribution in [0.25, 0.3) is 17.4 Å². The van der Waals surface area contributed by atoms with E-state index in [0.717, 1.165) is 0 Å². The molecule has 0 amide bonds. The van der Waals surface area contributed by atoms with Gasteiger partial charge in [0, 0.05) is 11.6 Å². The lowest BCUT2D eigenvalue weighted by molar-refractivity contribution is -0.139. The van der Waals surface area contributed by atoms with Gasteiger partial charge in [0.05, 0.1) is 41.1 Å². The van der Waals surface area contributed by atoms with Crippen molar-refractivity contribution in [3.05, 3.63) is 109 Å². The summed E-state index contributed by atoms with van der Waals surface area (Å²) >= 11 is 1.18. The number of hydrogen-bond donors (Lipinski definition) is 1. The molecule has 1 N–H and O–H groups in total. The third-order valence-corrected chi connectivity index (χ3v) is 7.20. The Morgan fingerprint density at radius 2 is 1.95 bits per heavy atom. The molecule has 1 unspecified atom stereocenters. The van der Waals surface area contributed by atoms with Crippen LogP contribution in [0.4, 0.5) is 0 Å². The van der Waals surface area contributed by atoms with E-state index in [1.54, 1.807) is 69.5 Å². The second-order valence-corrected chi connectivity index (χ2v) is 9.68. The average molecular weight is 545 g/mol. The lowest BCUT2D eigenvalue weighted by atomic mass is 9.95. The van der Waals surface area contributed by atoms with Gasteiger partial charge in [-0.3, -0.25) is 9.36 Å². The van der Waals surface area contributed by atoms with E-state index < -0.39 is 18.0 Å². The van der Waals surface area contributed by atoms with Crippen LogP contribution >= 0.6 is 11.3 Å². The fourth-order valence-corrected chi connectivity index (χ4v) is 5.47. The maximum atomic E-state index is 13.8. The van der Waals surface area contributed by atoms with E-state index >= 15 is 0 Å². The number of allylic oxidation sites excluding steroid dienone is 1. The highest BCUT2D eigenvalue weighted by Crippen LogP contribution is 2.32. The fourth-order valence-electron chi connectivity index (χ4n) is 4.44. The van der Waals surface area contributed by atoms with Crippen molar-refractivity contribution in [2.45, 2.75) is 19.9 Å². The van der Waals surface area contributed by atoms with Crippen LogP contribution < -0.4 is 19.6 Å². The number of carboxylic acids is 1. The van der Waals surface area contributed by atoms with E-state index in [-0.39, 0.29) is 23.3 Å². The van der Waals surface area contributed by atoms with E-state index in [9.17, 15) is 19.5 Å². The minimum absolute atomic E-state index is 0.143. The Kier molecular flexibility index (Phi) is 7.03. The average Bonchev–Trinajstić information content (AvgIpc) is 3.52. The summed E-state index contributed by atoms with van der Waals surface area (Å²) in [7, 11) is 1.55. The molecule has 2 aromatic carbocycles. The first kappa shape index (κ1) is 25.9. The van der Waals surface area contributed by atoms with Gasteiger partial charge in [-0.1, -0.05) is 35.6 Å². The molecule has 10 heteroatoms. The standard InChI is InChI=1S/C29H24N2O7S/c1-4-37-28(35)24-16(2)30-29-31(25(24)18-8-6-10-20(14-18)36-3)26(32)23(39-29)15-21-11-12-22(38-21)17-7-5-9-19(13-17)27(33)34/h5-15,25H,4H2,1-3H3,(H,33,34)/b23-15-. The zero-order chi connectivity index (χ0) is 27.7. The van der Waals surface area contributed by atoms with Gasteiger partial charge in [-0.05, 0) is 55.8 Å². The van der Waals surface area contributed by atoms with Gasteiger partial charge >= 0.3 is 11.9 Å². The Morgan fingerprint density at radius 3 is 2.69 bits per heavy atom. The third-order valence-electron chi connectivity index (χ3n) is 6.22. The zero-order valence-electron chi connectivity index (χ0n) is 21.3. The van der Waals surface area contributed by atoms with Crippen LogP contribution in [-0.2, 0) is 9.53 Å².